The van der Waals surface area contributed by atoms with Crippen LogP contribution < -0.4 is 14.5 Å². The molecule has 0 radical (unpaired) electrons. The zero-order valence-corrected chi connectivity index (χ0v) is 54.6. The highest BCUT2D eigenvalue weighted by Gasteiger charge is 2.34. The quantitative estimate of drug-likeness (QED) is 0.142. The maximum Gasteiger partial charge on any atom is 0.204 e. The van der Waals surface area contributed by atoms with Crippen molar-refractivity contribution in [3.8, 4) is 50.7 Å². The van der Waals surface area contributed by atoms with E-state index in [1.807, 2.05) is 18.3 Å². The molecule has 0 saturated carbocycles. The van der Waals surface area contributed by atoms with E-state index in [9.17, 15) is 0 Å². The molecule has 7 heteroatoms. The molecule has 0 saturated heterocycles. The number of pyridine rings is 1. The molecule has 13 rings (SSSR count). The standard InChI is InChI=1S/C81H79N5OS/c1-77(2,3)53-34-30-50(31-35-53)59-22-19-23-60(51-32-36-54(37-33-51)78(4,5)6)74(59)85-49-84(67-28-17-18-29-68(67)85)56-44-52(72-64(80(10,11)12)25-21-26-65(72)81(13,14)15)45-58(47-56)87-57-38-39-63-70(48-57)86(71-46-55(42-43-83-71)79(7,8)9)69-41-40-62-61-24-20-27-66(82-16)75(61)88-76(62)73(63)69/h17-48H,49H2,1-15H3. The zero-order valence-electron chi connectivity index (χ0n) is 53.7. The number of ether oxygens (including phenoxy) is 1. The molecule has 1 aliphatic heterocycles. The maximum atomic E-state index is 8.09. The second-order valence-electron chi connectivity index (χ2n) is 29.3. The Morgan fingerprint density at radius 2 is 1.02 bits per heavy atom. The number of anilines is 4. The number of hydrogen-bond acceptors (Lipinski definition) is 5. The smallest absolute Gasteiger partial charge is 0.204 e. The summed E-state index contributed by atoms with van der Waals surface area (Å²) in [5.74, 6) is 2.29. The second kappa shape index (κ2) is 21.1. The van der Waals surface area contributed by atoms with Gasteiger partial charge in [-0.25, -0.2) is 9.83 Å². The van der Waals surface area contributed by atoms with E-state index in [1.54, 1.807) is 11.3 Å². The SMILES string of the molecule is [C-]#[N+]c1cccc2c1sc1c2ccc2c1c1ccc(Oc3cc(-c4c(C(C)(C)C)cccc4C(C)(C)C)cc(N4CN(c5c(-c6ccc(C(C)(C)C)cc6)cccc5-c5ccc(C(C)(C)C)cc5)c5ccccc54)c3)cc1n2-c1cc(C(C)(C)C)ccn1. The van der Waals surface area contributed by atoms with Crippen LogP contribution in [0, 0.1) is 6.57 Å². The fourth-order valence-electron chi connectivity index (χ4n) is 13.1. The first-order valence-corrected chi connectivity index (χ1v) is 31.8. The Labute approximate surface area is 524 Å². The molecule has 4 heterocycles. The van der Waals surface area contributed by atoms with E-state index in [4.69, 9.17) is 16.3 Å². The molecule has 1 aliphatic rings. The fraction of sp³-hybridized carbons (Fsp3) is 0.259. The lowest BCUT2D eigenvalue weighted by atomic mass is 9.74. The number of para-hydroxylation sites is 3. The van der Waals surface area contributed by atoms with Gasteiger partial charge in [0.2, 0.25) is 5.69 Å². The highest BCUT2D eigenvalue weighted by molar-refractivity contribution is 7.27. The minimum Gasteiger partial charge on any atom is -0.457 e. The minimum absolute atomic E-state index is 0.0198. The van der Waals surface area contributed by atoms with E-state index in [0.717, 1.165) is 81.9 Å². The Balaban J connectivity index is 1.02. The van der Waals surface area contributed by atoms with Crippen LogP contribution in [0.3, 0.4) is 0 Å². The van der Waals surface area contributed by atoms with Gasteiger partial charge in [-0.2, -0.15) is 0 Å². The Morgan fingerprint density at radius 3 is 1.61 bits per heavy atom. The fourth-order valence-corrected chi connectivity index (χ4v) is 14.5. The second-order valence-corrected chi connectivity index (χ2v) is 30.3. The summed E-state index contributed by atoms with van der Waals surface area (Å²) in [5, 5.41) is 4.49. The van der Waals surface area contributed by atoms with Crippen LogP contribution in [-0.4, -0.2) is 16.2 Å². The van der Waals surface area contributed by atoms with E-state index in [2.05, 4.69) is 299 Å². The van der Waals surface area contributed by atoms with Crippen LogP contribution >= 0.6 is 11.3 Å². The van der Waals surface area contributed by atoms with Gasteiger partial charge in [-0.1, -0.05) is 225 Å². The number of thiophene rings is 1. The molecule has 0 spiro atoms. The molecule has 3 aromatic heterocycles. The third kappa shape index (κ3) is 10.3. The third-order valence-electron chi connectivity index (χ3n) is 17.9. The monoisotopic (exact) mass is 1170 g/mol. The van der Waals surface area contributed by atoms with Gasteiger partial charge in [0, 0.05) is 55.3 Å². The van der Waals surface area contributed by atoms with Crippen molar-refractivity contribution in [3.63, 3.8) is 0 Å². The highest BCUT2D eigenvalue weighted by Crippen LogP contribution is 2.53. The largest absolute Gasteiger partial charge is 0.457 e. The number of nitrogens with zero attached hydrogens (tertiary/aromatic N) is 5. The zero-order chi connectivity index (χ0) is 62.0. The van der Waals surface area contributed by atoms with Gasteiger partial charge in [0.25, 0.3) is 0 Å². The van der Waals surface area contributed by atoms with Crippen LogP contribution in [0.4, 0.5) is 28.4 Å². The lowest BCUT2D eigenvalue weighted by Gasteiger charge is -2.31. The van der Waals surface area contributed by atoms with Crippen molar-refractivity contribution in [1.82, 2.24) is 9.55 Å². The summed E-state index contributed by atoms with van der Waals surface area (Å²) in [6.45, 7) is 43.0. The van der Waals surface area contributed by atoms with Crippen molar-refractivity contribution >= 4 is 81.8 Å². The number of hydrogen-bond donors (Lipinski definition) is 0. The molecule has 88 heavy (non-hydrogen) atoms. The topological polar surface area (TPSA) is 37.9 Å². The molecular weight excluding hydrogens is 1090 g/mol. The summed E-state index contributed by atoms with van der Waals surface area (Å²) in [6, 6.07) is 69.4. The molecule has 0 aliphatic carbocycles. The number of aromatic nitrogens is 2. The summed E-state index contributed by atoms with van der Waals surface area (Å²) in [4.78, 5) is 14.1. The molecule has 0 amide bonds. The average molecular weight is 1170 g/mol. The van der Waals surface area contributed by atoms with E-state index >= 15 is 0 Å². The van der Waals surface area contributed by atoms with Crippen molar-refractivity contribution in [1.29, 1.82) is 0 Å². The van der Waals surface area contributed by atoms with Crippen LogP contribution in [0.2, 0.25) is 0 Å². The lowest BCUT2D eigenvalue weighted by molar-refractivity contribution is 0.483. The molecule has 0 unspecified atom stereocenters. The van der Waals surface area contributed by atoms with Crippen molar-refractivity contribution in [3.05, 3.63) is 233 Å². The maximum absolute atomic E-state index is 8.09. The first-order valence-electron chi connectivity index (χ1n) is 31.0. The van der Waals surface area contributed by atoms with Gasteiger partial charge in [-0.15, -0.1) is 11.3 Å². The molecular formula is C81H79N5OS. The van der Waals surface area contributed by atoms with Gasteiger partial charge in [-0.3, -0.25) is 4.57 Å². The Kier molecular flexibility index (Phi) is 13.9. The van der Waals surface area contributed by atoms with E-state index in [0.29, 0.717) is 18.1 Å². The van der Waals surface area contributed by atoms with Gasteiger partial charge in [0.15, 0.2) is 0 Å². The van der Waals surface area contributed by atoms with Gasteiger partial charge < -0.3 is 14.5 Å². The molecule has 0 bridgehead atoms. The van der Waals surface area contributed by atoms with Gasteiger partial charge in [-0.05, 0) is 143 Å². The van der Waals surface area contributed by atoms with E-state index in [1.165, 1.54) is 55.6 Å². The van der Waals surface area contributed by atoms with Crippen molar-refractivity contribution in [2.75, 3.05) is 16.5 Å². The summed E-state index contributed by atoms with van der Waals surface area (Å²) in [7, 11) is 0. The van der Waals surface area contributed by atoms with E-state index < -0.39 is 0 Å². The van der Waals surface area contributed by atoms with Gasteiger partial charge >= 0.3 is 0 Å². The first kappa shape index (κ1) is 58.1. The van der Waals surface area contributed by atoms with Crippen molar-refractivity contribution in [2.24, 2.45) is 0 Å². The van der Waals surface area contributed by atoms with Crippen LogP contribution in [0.5, 0.6) is 11.5 Å². The molecule has 9 aromatic carbocycles. The molecule has 6 nitrogen and oxygen atoms in total. The lowest BCUT2D eigenvalue weighted by Crippen LogP contribution is -2.25. The number of benzene rings is 9. The van der Waals surface area contributed by atoms with Gasteiger partial charge in [0.05, 0.1) is 34.7 Å². The predicted octanol–water partition coefficient (Wildman–Crippen LogP) is 23.6. The summed E-state index contributed by atoms with van der Waals surface area (Å²) in [6.07, 6.45) is 1.94. The summed E-state index contributed by atoms with van der Waals surface area (Å²) >= 11 is 1.71. The van der Waals surface area contributed by atoms with Crippen LogP contribution in [0.15, 0.2) is 194 Å². The van der Waals surface area contributed by atoms with Crippen LogP contribution in [0.1, 0.15) is 132 Å². The van der Waals surface area contributed by atoms with E-state index in [-0.39, 0.29) is 27.1 Å². The van der Waals surface area contributed by atoms with Crippen molar-refractivity contribution in [2.45, 2.75) is 131 Å². The Morgan fingerprint density at radius 1 is 0.455 bits per heavy atom. The summed E-state index contributed by atoms with van der Waals surface area (Å²) < 4.78 is 11.9. The normalized spacial score (nSPS) is 13.3. The van der Waals surface area contributed by atoms with Crippen LogP contribution in [-0.2, 0) is 27.1 Å². The summed E-state index contributed by atoms with van der Waals surface area (Å²) in [5.41, 5.74) is 20.2. The highest BCUT2D eigenvalue weighted by atomic mass is 32.1. The number of rotatable bonds is 8. The Bertz CT molecular complexity index is 4660. The molecule has 12 aromatic rings. The predicted molar refractivity (Wildman–Crippen MR) is 376 cm³/mol. The average Bonchev–Trinajstić information content (AvgIpc) is 1.55. The van der Waals surface area contributed by atoms with Gasteiger partial charge in [0.1, 0.15) is 24.0 Å². The molecule has 0 N–H and O–H groups in total. The molecule has 440 valence electrons. The third-order valence-corrected chi connectivity index (χ3v) is 19.2. The van der Waals surface area contributed by atoms with Crippen molar-refractivity contribution < 1.29 is 4.74 Å². The Hall–Kier alpha value is -8.96. The molecule has 0 fully saturated rings. The number of fused-ring (bicyclic) bond motifs is 8. The first-order chi connectivity index (χ1) is 41.7. The minimum atomic E-state index is -0.172. The molecule has 0 atom stereocenters. The van der Waals surface area contributed by atoms with Crippen LogP contribution in [0.25, 0.3) is 86.0 Å².